The molecule has 0 aliphatic carbocycles. The number of esters is 1. The molecule has 1 aromatic rings. The van der Waals surface area contributed by atoms with E-state index in [-0.39, 0.29) is 11.3 Å². The molecule has 82 valence electrons. The number of methoxy groups -OCH3 is 1. The topological polar surface area (TPSA) is 52.1 Å². The molecule has 15 heavy (non-hydrogen) atoms. The average molecular weight is 229 g/mol. The van der Waals surface area contributed by atoms with Crippen molar-refractivity contribution in [2.75, 3.05) is 7.11 Å². The summed E-state index contributed by atoms with van der Waals surface area (Å²) in [5.74, 6) is -0.171. The number of ether oxygens (including phenoxy) is 1. The van der Waals surface area contributed by atoms with Crippen molar-refractivity contribution in [3.05, 3.63) is 23.2 Å². The van der Waals surface area contributed by atoms with Crippen LogP contribution < -0.4 is 0 Å². The highest BCUT2D eigenvalue weighted by Gasteiger charge is 2.01. The van der Waals surface area contributed by atoms with Gasteiger partial charge in [-0.1, -0.05) is 0 Å². The summed E-state index contributed by atoms with van der Waals surface area (Å²) < 4.78 is 4.54. The summed E-state index contributed by atoms with van der Waals surface area (Å²) in [6, 6.07) is 1.82. The van der Waals surface area contributed by atoms with Crippen LogP contribution in [0.5, 0.6) is 0 Å². The SMILES string of the molecule is COC(=O)CCCCc1ccnc(Cl)n1. The lowest BCUT2D eigenvalue weighted by Gasteiger charge is -2.00. The Balaban J connectivity index is 2.23. The normalized spacial score (nSPS) is 10.0. The molecule has 1 aromatic heterocycles. The van der Waals surface area contributed by atoms with Crippen molar-refractivity contribution in [1.82, 2.24) is 9.97 Å². The molecule has 0 fully saturated rings. The number of unbranched alkanes of at least 4 members (excludes halogenated alkanes) is 1. The summed E-state index contributed by atoms with van der Waals surface area (Å²) >= 11 is 5.63. The standard InChI is InChI=1S/C10H13ClN2O2/c1-15-9(14)5-3-2-4-8-6-7-12-10(11)13-8/h6-7H,2-5H2,1H3. The third-order valence-corrected chi connectivity index (χ3v) is 2.16. The number of carbonyl (C=O) groups is 1. The molecule has 0 spiro atoms. The molecule has 1 heterocycles. The second kappa shape index (κ2) is 6.35. The van der Waals surface area contributed by atoms with Crippen molar-refractivity contribution in [3.63, 3.8) is 0 Å². The van der Waals surface area contributed by atoms with E-state index >= 15 is 0 Å². The van der Waals surface area contributed by atoms with E-state index < -0.39 is 0 Å². The smallest absolute Gasteiger partial charge is 0.305 e. The van der Waals surface area contributed by atoms with Gasteiger partial charge in [-0.2, -0.15) is 0 Å². The Kier molecular flexibility index (Phi) is 5.04. The minimum Gasteiger partial charge on any atom is -0.469 e. The maximum atomic E-state index is 10.8. The first-order valence-electron chi connectivity index (χ1n) is 4.76. The van der Waals surface area contributed by atoms with Gasteiger partial charge in [0.15, 0.2) is 0 Å². The molecule has 5 heteroatoms. The zero-order valence-corrected chi connectivity index (χ0v) is 9.33. The minimum absolute atomic E-state index is 0.171. The number of rotatable bonds is 5. The lowest BCUT2D eigenvalue weighted by atomic mass is 10.1. The van der Waals surface area contributed by atoms with Crippen LogP contribution in [0, 0.1) is 0 Å². The monoisotopic (exact) mass is 228 g/mol. The zero-order chi connectivity index (χ0) is 11.1. The van der Waals surface area contributed by atoms with Crippen molar-refractivity contribution in [2.45, 2.75) is 25.7 Å². The largest absolute Gasteiger partial charge is 0.469 e. The Hall–Kier alpha value is -1.16. The van der Waals surface area contributed by atoms with E-state index in [4.69, 9.17) is 11.6 Å². The van der Waals surface area contributed by atoms with Gasteiger partial charge in [0.25, 0.3) is 0 Å². The molecule has 0 aliphatic heterocycles. The van der Waals surface area contributed by atoms with E-state index in [1.54, 1.807) is 6.20 Å². The van der Waals surface area contributed by atoms with Crippen LogP contribution in [0.1, 0.15) is 25.0 Å². The lowest BCUT2D eigenvalue weighted by Crippen LogP contribution is -2.00. The van der Waals surface area contributed by atoms with Crippen LogP contribution in [0.15, 0.2) is 12.3 Å². The summed E-state index contributed by atoms with van der Waals surface area (Å²) in [6.07, 6.45) is 4.58. The van der Waals surface area contributed by atoms with Crippen LogP contribution in [-0.2, 0) is 16.0 Å². The number of aryl methyl sites for hydroxylation is 1. The lowest BCUT2D eigenvalue weighted by molar-refractivity contribution is -0.140. The molecule has 4 nitrogen and oxygen atoms in total. The van der Waals surface area contributed by atoms with Gasteiger partial charge >= 0.3 is 5.97 Å². The molecule has 0 N–H and O–H groups in total. The minimum atomic E-state index is -0.171. The fraction of sp³-hybridized carbons (Fsp3) is 0.500. The number of aromatic nitrogens is 2. The van der Waals surface area contributed by atoms with Crippen LogP contribution in [0.4, 0.5) is 0 Å². The number of halogens is 1. The molecule has 1 rings (SSSR count). The fourth-order valence-corrected chi connectivity index (χ4v) is 1.35. The van der Waals surface area contributed by atoms with Gasteiger partial charge in [0.05, 0.1) is 7.11 Å². The Labute approximate surface area is 93.6 Å². The molecule has 0 bridgehead atoms. The second-order valence-corrected chi connectivity index (χ2v) is 3.44. The molecule has 0 aliphatic rings. The summed E-state index contributed by atoms with van der Waals surface area (Å²) in [4.78, 5) is 18.6. The summed E-state index contributed by atoms with van der Waals surface area (Å²) in [7, 11) is 1.40. The van der Waals surface area contributed by atoms with Gasteiger partial charge in [0.1, 0.15) is 0 Å². The van der Waals surface area contributed by atoms with Crippen molar-refractivity contribution in [1.29, 1.82) is 0 Å². The maximum Gasteiger partial charge on any atom is 0.305 e. The number of hydrogen-bond acceptors (Lipinski definition) is 4. The highest BCUT2D eigenvalue weighted by atomic mass is 35.5. The van der Waals surface area contributed by atoms with Gasteiger partial charge in [-0.15, -0.1) is 0 Å². The zero-order valence-electron chi connectivity index (χ0n) is 8.57. The molecule has 0 unspecified atom stereocenters. The molecular formula is C10H13ClN2O2. The van der Waals surface area contributed by atoms with E-state index in [1.165, 1.54) is 7.11 Å². The molecule has 0 saturated carbocycles. The van der Waals surface area contributed by atoms with Crippen molar-refractivity contribution >= 4 is 17.6 Å². The Morgan fingerprint density at radius 3 is 3.00 bits per heavy atom. The first-order valence-corrected chi connectivity index (χ1v) is 5.14. The predicted molar refractivity (Wildman–Crippen MR) is 56.6 cm³/mol. The predicted octanol–water partition coefficient (Wildman–Crippen LogP) is 2.02. The van der Waals surface area contributed by atoms with Gasteiger partial charge < -0.3 is 4.74 Å². The van der Waals surface area contributed by atoms with Crippen LogP contribution in [0.25, 0.3) is 0 Å². The maximum absolute atomic E-state index is 10.8. The van der Waals surface area contributed by atoms with E-state index in [0.717, 1.165) is 25.0 Å². The van der Waals surface area contributed by atoms with Crippen LogP contribution in [0.2, 0.25) is 5.28 Å². The van der Waals surface area contributed by atoms with Crippen molar-refractivity contribution in [2.24, 2.45) is 0 Å². The summed E-state index contributed by atoms with van der Waals surface area (Å²) in [5.41, 5.74) is 0.903. The summed E-state index contributed by atoms with van der Waals surface area (Å²) in [6.45, 7) is 0. The first kappa shape index (κ1) is 11.9. The van der Waals surface area contributed by atoms with Crippen LogP contribution in [-0.4, -0.2) is 23.0 Å². The molecule has 0 atom stereocenters. The van der Waals surface area contributed by atoms with E-state index in [1.807, 2.05) is 6.07 Å². The summed E-state index contributed by atoms with van der Waals surface area (Å²) in [5, 5.41) is 0.264. The molecule has 0 radical (unpaired) electrons. The Bertz CT molecular complexity index is 331. The molecular weight excluding hydrogens is 216 g/mol. The average Bonchev–Trinajstić information content (AvgIpc) is 2.24. The molecule has 0 amide bonds. The second-order valence-electron chi connectivity index (χ2n) is 3.10. The Morgan fingerprint density at radius 2 is 2.33 bits per heavy atom. The number of carbonyl (C=O) groups excluding carboxylic acids is 1. The van der Waals surface area contributed by atoms with Gasteiger partial charge in [-0.25, -0.2) is 9.97 Å². The van der Waals surface area contributed by atoms with E-state index in [0.29, 0.717) is 6.42 Å². The molecule has 0 aromatic carbocycles. The van der Waals surface area contributed by atoms with Gasteiger partial charge in [-0.3, -0.25) is 4.79 Å². The highest BCUT2D eigenvalue weighted by molar-refractivity contribution is 6.28. The van der Waals surface area contributed by atoms with Gasteiger partial charge in [0, 0.05) is 18.3 Å². The number of hydrogen-bond donors (Lipinski definition) is 0. The van der Waals surface area contributed by atoms with Gasteiger partial charge in [-0.05, 0) is 36.9 Å². The van der Waals surface area contributed by atoms with E-state index in [9.17, 15) is 4.79 Å². The van der Waals surface area contributed by atoms with Crippen molar-refractivity contribution < 1.29 is 9.53 Å². The first-order chi connectivity index (χ1) is 7.22. The molecule has 0 saturated heterocycles. The van der Waals surface area contributed by atoms with Gasteiger partial charge in [0.2, 0.25) is 5.28 Å². The van der Waals surface area contributed by atoms with Crippen molar-refractivity contribution in [3.8, 4) is 0 Å². The van der Waals surface area contributed by atoms with Crippen LogP contribution >= 0.6 is 11.6 Å². The van der Waals surface area contributed by atoms with Crippen LogP contribution in [0.3, 0.4) is 0 Å². The number of nitrogens with zero attached hydrogens (tertiary/aromatic N) is 2. The Morgan fingerprint density at radius 1 is 1.53 bits per heavy atom. The highest BCUT2D eigenvalue weighted by Crippen LogP contribution is 2.06. The quantitative estimate of drug-likeness (QED) is 0.440. The third-order valence-electron chi connectivity index (χ3n) is 1.98. The third kappa shape index (κ3) is 4.74. The fourth-order valence-electron chi connectivity index (χ4n) is 1.19. The van der Waals surface area contributed by atoms with E-state index in [2.05, 4.69) is 14.7 Å².